The summed E-state index contributed by atoms with van der Waals surface area (Å²) < 4.78 is 11.8. The van der Waals surface area contributed by atoms with Crippen molar-refractivity contribution >= 4 is 0 Å². The fourth-order valence-corrected chi connectivity index (χ4v) is 3.25. The second-order valence-corrected chi connectivity index (χ2v) is 5.15. The van der Waals surface area contributed by atoms with Crippen molar-refractivity contribution in [2.24, 2.45) is 0 Å². The van der Waals surface area contributed by atoms with Crippen LogP contribution in [0, 0.1) is 0 Å². The summed E-state index contributed by atoms with van der Waals surface area (Å²) in [7, 11) is 2.00. The molecule has 1 atom stereocenters. The van der Waals surface area contributed by atoms with Gasteiger partial charge < -0.3 is 14.5 Å². The average molecular weight is 251 g/mol. The van der Waals surface area contributed by atoms with Crippen LogP contribution in [0.4, 0.5) is 0 Å². The summed E-state index contributed by atoms with van der Waals surface area (Å²) in [4.78, 5) is 0. The zero-order valence-corrected chi connectivity index (χ0v) is 11.6. The Morgan fingerprint density at radius 2 is 2.06 bits per heavy atom. The summed E-state index contributed by atoms with van der Waals surface area (Å²) in [6, 6.07) is 4.16. The summed E-state index contributed by atoms with van der Waals surface area (Å²) >= 11 is 0. The van der Waals surface area contributed by atoms with Crippen molar-refractivity contribution in [3.05, 3.63) is 24.2 Å². The van der Waals surface area contributed by atoms with Gasteiger partial charge in [0, 0.05) is 6.61 Å². The number of ether oxygens (including phenoxy) is 1. The van der Waals surface area contributed by atoms with Crippen LogP contribution < -0.4 is 5.32 Å². The normalized spacial score (nSPS) is 21.4. The highest BCUT2D eigenvalue weighted by Gasteiger charge is 2.41. The molecule has 18 heavy (non-hydrogen) atoms. The third-order valence-corrected chi connectivity index (χ3v) is 4.02. The van der Waals surface area contributed by atoms with E-state index in [1.54, 1.807) is 6.26 Å². The zero-order chi connectivity index (χ0) is 12.8. The van der Waals surface area contributed by atoms with Crippen molar-refractivity contribution < 1.29 is 9.15 Å². The molecule has 102 valence electrons. The van der Waals surface area contributed by atoms with Gasteiger partial charge >= 0.3 is 0 Å². The van der Waals surface area contributed by atoms with Crippen LogP contribution >= 0.6 is 0 Å². The van der Waals surface area contributed by atoms with Crippen molar-refractivity contribution in [1.29, 1.82) is 0 Å². The zero-order valence-electron chi connectivity index (χ0n) is 11.6. The molecule has 1 aliphatic rings. The summed E-state index contributed by atoms with van der Waals surface area (Å²) in [5, 5.41) is 3.41. The summed E-state index contributed by atoms with van der Waals surface area (Å²) in [5.74, 6) is 0.993. The third-order valence-electron chi connectivity index (χ3n) is 4.02. The topological polar surface area (TPSA) is 34.4 Å². The van der Waals surface area contributed by atoms with Gasteiger partial charge in [-0.05, 0) is 38.9 Å². The van der Waals surface area contributed by atoms with Crippen molar-refractivity contribution in [3.8, 4) is 0 Å². The molecule has 3 nitrogen and oxygen atoms in total. The van der Waals surface area contributed by atoms with E-state index in [-0.39, 0.29) is 11.6 Å². The number of furan rings is 1. The summed E-state index contributed by atoms with van der Waals surface area (Å²) in [6.07, 6.45) is 9.13. The van der Waals surface area contributed by atoms with Crippen LogP contribution in [0.2, 0.25) is 0 Å². The Hall–Kier alpha value is -0.800. The first-order chi connectivity index (χ1) is 8.82. The maximum atomic E-state index is 6.20. The van der Waals surface area contributed by atoms with Gasteiger partial charge in [-0.3, -0.25) is 0 Å². The Labute approximate surface area is 110 Å². The number of hydrogen-bond donors (Lipinski definition) is 1. The van der Waals surface area contributed by atoms with Crippen LogP contribution in [-0.4, -0.2) is 19.3 Å². The molecule has 1 saturated carbocycles. The van der Waals surface area contributed by atoms with Gasteiger partial charge in [-0.1, -0.05) is 25.7 Å². The van der Waals surface area contributed by atoms with E-state index in [0.717, 1.165) is 25.2 Å². The van der Waals surface area contributed by atoms with Gasteiger partial charge in [0.25, 0.3) is 0 Å². The molecule has 1 aromatic rings. The van der Waals surface area contributed by atoms with Crippen molar-refractivity contribution in [1.82, 2.24) is 5.32 Å². The minimum Gasteiger partial charge on any atom is -0.468 e. The van der Waals surface area contributed by atoms with Crippen molar-refractivity contribution in [3.63, 3.8) is 0 Å². The van der Waals surface area contributed by atoms with Gasteiger partial charge in [0.2, 0.25) is 0 Å². The molecule has 0 bridgehead atoms. The highest BCUT2D eigenvalue weighted by molar-refractivity contribution is 5.11. The lowest BCUT2D eigenvalue weighted by molar-refractivity contribution is -0.0808. The Morgan fingerprint density at radius 3 is 2.56 bits per heavy atom. The second kappa shape index (κ2) is 6.39. The number of nitrogens with one attached hydrogen (secondary N) is 1. The van der Waals surface area contributed by atoms with Gasteiger partial charge in [0.1, 0.15) is 5.76 Å². The van der Waals surface area contributed by atoms with Gasteiger partial charge in [0.05, 0.1) is 17.9 Å². The van der Waals surface area contributed by atoms with Crippen LogP contribution in [0.1, 0.15) is 57.3 Å². The van der Waals surface area contributed by atoms with Gasteiger partial charge in [-0.2, -0.15) is 0 Å². The average Bonchev–Trinajstić information content (AvgIpc) is 2.78. The molecule has 0 amide bonds. The maximum absolute atomic E-state index is 6.20. The quantitative estimate of drug-likeness (QED) is 0.811. The highest BCUT2D eigenvalue weighted by atomic mass is 16.5. The lowest BCUT2D eigenvalue weighted by Crippen LogP contribution is -2.44. The highest BCUT2D eigenvalue weighted by Crippen LogP contribution is 2.40. The van der Waals surface area contributed by atoms with E-state index < -0.39 is 0 Å². The number of rotatable bonds is 5. The molecular formula is C15H25NO2. The molecule has 1 N–H and O–H groups in total. The van der Waals surface area contributed by atoms with Crippen LogP contribution in [0.5, 0.6) is 0 Å². The van der Waals surface area contributed by atoms with E-state index in [1.165, 1.54) is 25.7 Å². The molecule has 0 aromatic carbocycles. The van der Waals surface area contributed by atoms with E-state index in [9.17, 15) is 0 Å². The Morgan fingerprint density at radius 1 is 1.33 bits per heavy atom. The molecule has 0 saturated heterocycles. The lowest BCUT2D eigenvalue weighted by Gasteiger charge is -2.39. The molecule has 0 aliphatic heterocycles. The predicted molar refractivity (Wildman–Crippen MR) is 72.6 cm³/mol. The Bertz CT molecular complexity index is 326. The third kappa shape index (κ3) is 2.78. The number of hydrogen-bond acceptors (Lipinski definition) is 3. The van der Waals surface area contributed by atoms with E-state index >= 15 is 0 Å². The molecule has 3 heteroatoms. The minimum atomic E-state index is -0.0994. The standard InChI is InChI=1S/C15H25NO2/c1-3-18-15(10-6-4-5-7-11-15)14(16-2)13-9-8-12-17-13/h8-9,12,14,16H,3-7,10-11H2,1-2H3. The van der Waals surface area contributed by atoms with Crippen LogP contribution in [0.3, 0.4) is 0 Å². The van der Waals surface area contributed by atoms with E-state index in [0.29, 0.717) is 0 Å². The van der Waals surface area contributed by atoms with E-state index in [4.69, 9.17) is 9.15 Å². The van der Waals surface area contributed by atoms with Crippen molar-refractivity contribution in [2.45, 2.75) is 57.1 Å². The van der Waals surface area contributed by atoms with Gasteiger partial charge in [-0.25, -0.2) is 0 Å². The minimum absolute atomic E-state index is 0.0994. The molecule has 1 fully saturated rings. The summed E-state index contributed by atoms with van der Waals surface area (Å²) in [6.45, 7) is 2.85. The molecule has 2 rings (SSSR count). The molecule has 1 aromatic heterocycles. The van der Waals surface area contributed by atoms with Gasteiger partial charge in [0.15, 0.2) is 0 Å². The fraction of sp³-hybridized carbons (Fsp3) is 0.733. The van der Waals surface area contributed by atoms with Gasteiger partial charge in [-0.15, -0.1) is 0 Å². The number of likely N-dealkylation sites (N-methyl/N-ethyl adjacent to an activating group) is 1. The van der Waals surface area contributed by atoms with Crippen LogP contribution in [-0.2, 0) is 4.74 Å². The molecular weight excluding hydrogens is 226 g/mol. The first-order valence-corrected chi connectivity index (χ1v) is 7.17. The van der Waals surface area contributed by atoms with E-state index in [2.05, 4.69) is 12.2 Å². The lowest BCUT2D eigenvalue weighted by atomic mass is 9.84. The van der Waals surface area contributed by atoms with Crippen LogP contribution in [0.15, 0.2) is 22.8 Å². The first-order valence-electron chi connectivity index (χ1n) is 7.17. The summed E-state index contributed by atoms with van der Waals surface area (Å²) in [5.41, 5.74) is -0.0994. The second-order valence-electron chi connectivity index (χ2n) is 5.15. The Kier molecular flexibility index (Phi) is 4.84. The predicted octanol–water partition coefficient (Wildman–Crippen LogP) is 3.67. The van der Waals surface area contributed by atoms with Crippen molar-refractivity contribution in [2.75, 3.05) is 13.7 Å². The smallest absolute Gasteiger partial charge is 0.123 e. The molecule has 1 unspecified atom stereocenters. The van der Waals surface area contributed by atoms with Crippen LogP contribution in [0.25, 0.3) is 0 Å². The fourth-order valence-electron chi connectivity index (χ4n) is 3.25. The molecule has 0 spiro atoms. The molecule has 0 radical (unpaired) electrons. The maximum Gasteiger partial charge on any atom is 0.123 e. The molecule has 1 aliphatic carbocycles. The first kappa shape index (κ1) is 13.6. The monoisotopic (exact) mass is 251 g/mol. The SMILES string of the molecule is CCOC1(C(NC)c2ccco2)CCCCCC1. The molecule has 1 heterocycles. The largest absolute Gasteiger partial charge is 0.468 e. The Balaban J connectivity index is 2.25. The van der Waals surface area contributed by atoms with E-state index in [1.807, 2.05) is 19.2 Å².